The van der Waals surface area contributed by atoms with Crippen LogP contribution < -0.4 is 14.8 Å². The van der Waals surface area contributed by atoms with Gasteiger partial charge in [0.05, 0.1) is 13.3 Å². The third kappa shape index (κ3) is 4.58. The first kappa shape index (κ1) is 20.9. The number of amides is 1. The smallest absolute Gasteiger partial charge is 0.263 e. The number of pyridine rings is 1. The highest BCUT2D eigenvalue weighted by Crippen LogP contribution is 2.34. The highest BCUT2D eigenvalue weighted by Gasteiger charge is 2.21. The molecule has 8 heteroatoms. The number of hydrogen-bond acceptors (Lipinski definition) is 6. The van der Waals surface area contributed by atoms with Crippen molar-refractivity contribution in [2.45, 2.75) is 26.2 Å². The van der Waals surface area contributed by atoms with Crippen LogP contribution in [0.25, 0.3) is 5.82 Å². The maximum absolute atomic E-state index is 12.6. The zero-order chi connectivity index (χ0) is 21.7. The Morgan fingerprint density at radius 2 is 2.07 bits per heavy atom. The average molecular weight is 405 g/mol. The third-order valence-electron chi connectivity index (χ3n) is 4.37. The molecule has 0 atom stereocenters. The Bertz CT molecular complexity index is 1080. The number of aromatic nitrogens is 3. The predicted molar refractivity (Wildman–Crippen MR) is 112 cm³/mol. The first-order valence-corrected chi connectivity index (χ1v) is 9.34. The number of methoxy groups -OCH3 is 1. The topological polar surface area (TPSA) is 102 Å². The molecule has 0 saturated carbocycles. The quantitative estimate of drug-likeness (QED) is 0.674. The molecule has 0 unspecified atom stereocenters. The molecule has 0 radical (unpaired) electrons. The zero-order valence-electron chi connectivity index (χ0n) is 17.3. The van der Waals surface area contributed by atoms with Gasteiger partial charge in [0.2, 0.25) is 0 Å². The van der Waals surface area contributed by atoms with Gasteiger partial charge < -0.3 is 14.8 Å². The van der Waals surface area contributed by atoms with Crippen LogP contribution in [0, 0.1) is 11.3 Å². The van der Waals surface area contributed by atoms with Crippen molar-refractivity contribution in [3.63, 3.8) is 0 Å². The maximum Gasteiger partial charge on any atom is 0.263 e. The van der Waals surface area contributed by atoms with E-state index in [0.29, 0.717) is 11.6 Å². The molecule has 0 saturated heterocycles. The normalized spacial score (nSPS) is 10.9. The minimum absolute atomic E-state index is 0.202. The fourth-order valence-corrected chi connectivity index (χ4v) is 2.86. The first-order chi connectivity index (χ1) is 14.3. The molecule has 8 nitrogen and oxygen atoms in total. The summed E-state index contributed by atoms with van der Waals surface area (Å²) in [4.78, 5) is 16.8. The van der Waals surface area contributed by atoms with E-state index in [0.717, 1.165) is 11.3 Å². The van der Waals surface area contributed by atoms with Crippen LogP contribution in [0.2, 0.25) is 0 Å². The fourth-order valence-electron chi connectivity index (χ4n) is 2.86. The Hall–Kier alpha value is -3.86. The molecule has 3 rings (SSSR count). The van der Waals surface area contributed by atoms with E-state index in [9.17, 15) is 10.1 Å². The second-order valence-corrected chi connectivity index (χ2v) is 7.57. The molecule has 2 heterocycles. The number of ether oxygens (including phenoxy) is 2. The van der Waals surface area contributed by atoms with E-state index in [1.807, 2.05) is 12.1 Å². The summed E-state index contributed by atoms with van der Waals surface area (Å²) < 4.78 is 12.5. The monoisotopic (exact) mass is 405 g/mol. The van der Waals surface area contributed by atoms with Gasteiger partial charge in [-0.15, -0.1) is 0 Å². The van der Waals surface area contributed by atoms with Gasteiger partial charge in [0, 0.05) is 11.8 Å². The van der Waals surface area contributed by atoms with Gasteiger partial charge in [0.25, 0.3) is 5.91 Å². The lowest BCUT2D eigenvalue weighted by Crippen LogP contribution is -2.23. The Kier molecular flexibility index (Phi) is 6.02. The van der Waals surface area contributed by atoms with Crippen LogP contribution in [0.4, 0.5) is 5.82 Å². The van der Waals surface area contributed by atoms with Gasteiger partial charge in [-0.3, -0.25) is 4.79 Å². The lowest BCUT2D eigenvalue weighted by molar-refractivity contribution is -0.118. The molecular formula is C22H23N5O3. The molecule has 1 amide bonds. The summed E-state index contributed by atoms with van der Waals surface area (Å²) in [6.07, 6.45) is 2.99. The van der Waals surface area contributed by atoms with E-state index in [2.05, 4.69) is 36.2 Å². The molecule has 0 aliphatic carbocycles. The number of carbonyl (C=O) groups excluding carboxylic acids is 1. The third-order valence-corrected chi connectivity index (χ3v) is 4.37. The van der Waals surface area contributed by atoms with Crippen molar-refractivity contribution in [2.24, 2.45) is 0 Å². The van der Waals surface area contributed by atoms with Gasteiger partial charge in [-0.25, -0.2) is 4.98 Å². The molecule has 0 spiro atoms. The highest BCUT2D eigenvalue weighted by atomic mass is 16.5. The minimum atomic E-state index is -0.417. The van der Waals surface area contributed by atoms with Gasteiger partial charge in [0.1, 0.15) is 23.1 Å². The van der Waals surface area contributed by atoms with E-state index in [1.54, 1.807) is 43.6 Å². The van der Waals surface area contributed by atoms with Crippen LogP contribution >= 0.6 is 0 Å². The van der Waals surface area contributed by atoms with Crippen molar-refractivity contribution < 1.29 is 14.3 Å². The van der Waals surface area contributed by atoms with Crippen LogP contribution in [0.3, 0.4) is 0 Å². The molecular weight excluding hydrogens is 382 g/mol. The first-order valence-electron chi connectivity index (χ1n) is 9.34. The number of benzene rings is 1. The largest absolute Gasteiger partial charge is 0.497 e. The van der Waals surface area contributed by atoms with Crippen molar-refractivity contribution in [2.75, 3.05) is 19.0 Å². The summed E-state index contributed by atoms with van der Waals surface area (Å²) in [6.45, 7) is 5.94. The van der Waals surface area contributed by atoms with Crippen LogP contribution in [0.5, 0.6) is 11.5 Å². The number of hydrogen-bond donors (Lipinski definition) is 1. The Morgan fingerprint density at radius 1 is 1.27 bits per heavy atom. The molecule has 3 aromatic rings. The zero-order valence-corrected chi connectivity index (χ0v) is 17.3. The van der Waals surface area contributed by atoms with Crippen molar-refractivity contribution in [1.29, 1.82) is 5.26 Å². The predicted octanol–water partition coefficient (Wildman–Crippen LogP) is 3.46. The van der Waals surface area contributed by atoms with Gasteiger partial charge >= 0.3 is 0 Å². The van der Waals surface area contributed by atoms with E-state index in [-0.39, 0.29) is 23.4 Å². The van der Waals surface area contributed by atoms with Gasteiger partial charge in [-0.1, -0.05) is 26.8 Å². The number of anilines is 1. The van der Waals surface area contributed by atoms with Crippen LogP contribution in [-0.4, -0.2) is 34.4 Å². The van der Waals surface area contributed by atoms with Crippen molar-refractivity contribution in [1.82, 2.24) is 14.8 Å². The molecule has 0 bridgehead atoms. The SMILES string of the molecule is COc1ccc(OCC(=O)Nc2c(C#N)cnn2-c2ccccn2)c(C(C)(C)C)c1. The number of carbonyl (C=O) groups is 1. The van der Waals surface area contributed by atoms with Crippen LogP contribution in [-0.2, 0) is 10.2 Å². The van der Waals surface area contributed by atoms with Crippen molar-refractivity contribution in [3.8, 4) is 23.4 Å². The second kappa shape index (κ2) is 8.66. The molecule has 0 aliphatic rings. The Morgan fingerprint density at radius 3 is 2.70 bits per heavy atom. The second-order valence-electron chi connectivity index (χ2n) is 7.57. The van der Waals surface area contributed by atoms with Gasteiger partial charge in [-0.05, 0) is 35.7 Å². The standard InChI is InChI=1S/C22H23N5O3/c1-22(2,3)17-11-16(29-4)8-9-18(17)30-14-20(28)26-21-15(12-23)13-25-27(21)19-7-5-6-10-24-19/h5-11,13H,14H2,1-4H3,(H,26,28). The summed E-state index contributed by atoms with van der Waals surface area (Å²) in [5.74, 6) is 1.63. The van der Waals surface area contributed by atoms with Crippen molar-refractivity contribution >= 4 is 11.7 Å². The minimum Gasteiger partial charge on any atom is -0.497 e. The number of rotatable bonds is 6. The number of nitrogens with zero attached hydrogens (tertiary/aromatic N) is 4. The van der Waals surface area contributed by atoms with E-state index in [1.165, 1.54) is 10.9 Å². The lowest BCUT2D eigenvalue weighted by Gasteiger charge is -2.23. The molecule has 0 fully saturated rings. The van der Waals surface area contributed by atoms with Crippen molar-refractivity contribution in [3.05, 3.63) is 59.9 Å². The molecule has 154 valence electrons. The van der Waals surface area contributed by atoms with E-state index in [4.69, 9.17) is 9.47 Å². The maximum atomic E-state index is 12.6. The summed E-state index contributed by atoms with van der Waals surface area (Å²) in [7, 11) is 1.60. The lowest BCUT2D eigenvalue weighted by atomic mass is 9.86. The van der Waals surface area contributed by atoms with Gasteiger partial charge in [-0.2, -0.15) is 15.0 Å². The van der Waals surface area contributed by atoms with E-state index >= 15 is 0 Å². The van der Waals surface area contributed by atoms with Crippen LogP contribution in [0.15, 0.2) is 48.8 Å². The van der Waals surface area contributed by atoms with Crippen LogP contribution in [0.1, 0.15) is 31.9 Å². The molecule has 30 heavy (non-hydrogen) atoms. The summed E-state index contributed by atoms with van der Waals surface area (Å²) in [5.41, 5.74) is 0.950. The number of nitriles is 1. The summed E-state index contributed by atoms with van der Waals surface area (Å²) >= 11 is 0. The molecule has 2 aromatic heterocycles. The summed E-state index contributed by atoms with van der Waals surface area (Å²) in [6, 6.07) is 12.8. The Balaban J connectivity index is 1.78. The Labute approximate surface area is 175 Å². The molecule has 1 N–H and O–H groups in total. The highest BCUT2D eigenvalue weighted by molar-refractivity contribution is 5.92. The summed E-state index contributed by atoms with van der Waals surface area (Å²) in [5, 5.41) is 16.2. The molecule has 0 aliphatic heterocycles. The van der Waals surface area contributed by atoms with E-state index < -0.39 is 5.91 Å². The fraction of sp³-hybridized carbons (Fsp3) is 0.273. The average Bonchev–Trinajstić information content (AvgIpc) is 3.14. The van der Waals surface area contributed by atoms with Gasteiger partial charge in [0.15, 0.2) is 18.2 Å². The molecule has 1 aromatic carbocycles. The number of nitrogens with one attached hydrogen (secondary N) is 1.